The number of nitrogens with two attached hydrogens (primary N) is 1. The summed E-state index contributed by atoms with van der Waals surface area (Å²) in [6, 6.07) is 0. The van der Waals surface area contributed by atoms with Crippen LogP contribution < -0.4 is 5.73 Å². The third-order valence-corrected chi connectivity index (χ3v) is 3.04. The minimum Gasteiger partial charge on any atom is -0.382 e. The fourth-order valence-electron chi connectivity index (χ4n) is 1.30. The number of thiophene rings is 1. The van der Waals surface area contributed by atoms with Crippen LogP contribution in [0.1, 0.15) is 25.3 Å². The van der Waals surface area contributed by atoms with Gasteiger partial charge in [0.05, 0.1) is 10.2 Å². The predicted octanol–water partition coefficient (Wildman–Crippen LogP) is 2.40. The number of rotatable bonds is 1. The van der Waals surface area contributed by atoms with E-state index in [9.17, 15) is 0 Å². The maximum Gasteiger partial charge on any atom is 0.144 e. The summed E-state index contributed by atoms with van der Waals surface area (Å²) in [6.07, 6.45) is 1.52. The zero-order valence-corrected chi connectivity index (χ0v) is 8.43. The van der Waals surface area contributed by atoms with Crippen LogP contribution in [0.25, 0.3) is 10.2 Å². The SMILES string of the molecule is CC(C)c1csc2c(N)ncnc12. The molecule has 2 heterocycles. The van der Waals surface area contributed by atoms with E-state index >= 15 is 0 Å². The van der Waals surface area contributed by atoms with Gasteiger partial charge in [0.25, 0.3) is 0 Å². The molecular weight excluding hydrogens is 182 g/mol. The minimum absolute atomic E-state index is 0.489. The van der Waals surface area contributed by atoms with Crippen LogP contribution in [0.4, 0.5) is 5.82 Å². The molecule has 3 nitrogen and oxygen atoms in total. The van der Waals surface area contributed by atoms with Crippen LogP contribution in [0.2, 0.25) is 0 Å². The quantitative estimate of drug-likeness (QED) is 0.756. The van der Waals surface area contributed by atoms with Gasteiger partial charge in [-0.3, -0.25) is 0 Å². The Morgan fingerprint density at radius 3 is 2.85 bits per heavy atom. The molecule has 0 amide bonds. The summed E-state index contributed by atoms with van der Waals surface area (Å²) in [5.74, 6) is 1.07. The molecule has 0 spiro atoms. The summed E-state index contributed by atoms with van der Waals surface area (Å²) < 4.78 is 1.01. The van der Waals surface area contributed by atoms with Gasteiger partial charge in [-0.2, -0.15) is 0 Å². The van der Waals surface area contributed by atoms with Crippen molar-refractivity contribution in [3.8, 4) is 0 Å². The van der Waals surface area contributed by atoms with Crippen molar-refractivity contribution in [2.75, 3.05) is 5.73 Å². The van der Waals surface area contributed by atoms with Crippen molar-refractivity contribution in [1.29, 1.82) is 0 Å². The number of hydrogen-bond acceptors (Lipinski definition) is 4. The fraction of sp³-hybridized carbons (Fsp3) is 0.333. The van der Waals surface area contributed by atoms with E-state index in [0.29, 0.717) is 11.7 Å². The number of nitrogens with zero attached hydrogens (tertiary/aromatic N) is 2. The highest BCUT2D eigenvalue weighted by Gasteiger charge is 2.10. The van der Waals surface area contributed by atoms with E-state index in [0.717, 1.165) is 10.2 Å². The normalized spacial score (nSPS) is 11.3. The van der Waals surface area contributed by atoms with Crippen molar-refractivity contribution >= 4 is 27.4 Å². The number of anilines is 1. The van der Waals surface area contributed by atoms with Gasteiger partial charge in [0.15, 0.2) is 0 Å². The number of nitrogen functional groups attached to an aromatic ring is 1. The third-order valence-electron chi connectivity index (χ3n) is 2.03. The maximum absolute atomic E-state index is 5.73. The molecule has 0 bridgehead atoms. The molecular formula is C9H11N3S. The van der Waals surface area contributed by atoms with Gasteiger partial charge in [-0.1, -0.05) is 13.8 Å². The Bertz CT molecular complexity index is 433. The highest BCUT2D eigenvalue weighted by Crippen LogP contribution is 2.31. The van der Waals surface area contributed by atoms with Crippen molar-refractivity contribution in [2.24, 2.45) is 0 Å². The van der Waals surface area contributed by atoms with Crippen molar-refractivity contribution in [1.82, 2.24) is 9.97 Å². The molecule has 2 rings (SSSR count). The second-order valence-corrected chi connectivity index (χ2v) is 4.16. The first kappa shape index (κ1) is 8.44. The smallest absolute Gasteiger partial charge is 0.144 e. The lowest BCUT2D eigenvalue weighted by atomic mass is 10.1. The molecule has 2 aromatic rings. The van der Waals surface area contributed by atoms with E-state index in [1.165, 1.54) is 11.9 Å². The monoisotopic (exact) mass is 193 g/mol. The molecule has 0 aliphatic rings. The van der Waals surface area contributed by atoms with Crippen LogP contribution >= 0.6 is 11.3 Å². The molecule has 0 saturated carbocycles. The minimum atomic E-state index is 0.489. The van der Waals surface area contributed by atoms with E-state index in [-0.39, 0.29) is 0 Å². The van der Waals surface area contributed by atoms with Crippen LogP contribution in [-0.2, 0) is 0 Å². The second-order valence-electron chi connectivity index (χ2n) is 3.28. The first-order valence-electron chi connectivity index (χ1n) is 4.17. The Kier molecular flexibility index (Phi) is 1.92. The molecule has 0 aromatic carbocycles. The van der Waals surface area contributed by atoms with Crippen molar-refractivity contribution in [2.45, 2.75) is 19.8 Å². The molecule has 0 saturated heterocycles. The Morgan fingerprint density at radius 2 is 2.15 bits per heavy atom. The predicted molar refractivity (Wildman–Crippen MR) is 55.9 cm³/mol. The lowest BCUT2D eigenvalue weighted by molar-refractivity contribution is 0.876. The summed E-state index contributed by atoms with van der Waals surface area (Å²) >= 11 is 1.62. The van der Waals surface area contributed by atoms with Crippen LogP contribution in [0.5, 0.6) is 0 Å². The van der Waals surface area contributed by atoms with Gasteiger partial charge < -0.3 is 5.73 Å². The lowest BCUT2D eigenvalue weighted by Gasteiger charge is -2.01. The fourth-order valence-corrected chi connectivity index (χ4v) is 2.38. The molecule has 2 aromatic heterocycles. The molecule has 0 aliphatic carbocycles. The van der Waals surface area contributed by atoms with Gasteiger partial charge in [-0.25, -0.2) is 9.97 Å². The average Bonchev–Trinajstić information content (AvgIpc) is 2.48. The van der Waals surface area contributed by atoms with Crippen LogP contribution in [0.15, 0.2) is 11.7 Å². The number of hydrogen-bond donors (Lipinski definition) is 1. The topological polar surface area (TPSA) is 51.8 Å². The van der Waals surface area contributed by atoms with E-state index < -0.39 is 0 Å². The average molecular weight is 193 g/mol. The van der Waals surface area contributed by atoms with E-state index in [1.807, 2.05) is 0 Å². The molecule has 2 N–H and O–H groups in total. The summed E-state index contributed by atoms with van der Waals surface area (Å²) in [5.41, 5.74) is 7.99. The van der Waals surface area contributed by atoms with Gasteiger partial charge >= 0.3 is 0 Å². The first-order valence-corrected chi connectivity index (χ1v) is 5.05. The van der Waals surface area contributed by atoms with Gasteiger partial charge in [0, 0.05) is 0 Å². The molecule has 13 heavy (non-hydrogen) atoms. The van der Waals surface area contributed by atoms with Gasteiger partial charge in [0.1, 0.15) is 12.1 Å². The van der Waals surface area contributed by atoms with Crippen LogP contribution in [-0.4, -0.2) is 9.97 Å². The highest BCUT2D eigenvalue weighted by molar-refractivity contribution is 7.17. The largest absolute Gasteiger partial charge is 0.382 e. The van der Waals surface area contributed by atoms with Crippen molar-refractivity contribution in [3.63, 3.8) is 0 Å². The first-order chi connectivity index (χ1) is 6.20. The highest BCUT2D eigenvalue weighted by atomic mass is 32.1. The standard InChI is InChI=1S/C9H11N3S/c1-5(2)6-3-13-8-7(6)11-4-12-9(8)10/h3-5H,1-2H3,(H2,10,11,12). The van der Waals surface area contributed by atoms with E-state index in [1.54, 1.807) is 11.3 Å². The van der Waals surface area contributed by atoms with Gasteiger partial charge in [0.2, 0.25) is 0 Å². The molecule has 4 heteroatoms. The zero-order chi connectivity index (χ0) is 9.42. The summed E-state index contributed by atoms with van der Waals surface area (Å²) in [6.45, 7) is 4.31. The lowest BCUT2D eigenvalue weighted by Crippen LogP contribution is -1.92. The summed E-state index contributed by atoms with van der Waals surface area (Å²) in [4.78, 5) is 8.20. The molecule has 0 unspecified atom stereocenters. The molecule has 0 aliphatic heterocycles. The van der Waals surface area contributed by atoms with Crippen LogP contribution in [0, 0.1) is 0 Å². The Morgan fingerprint density at radius 1 is 1.38 bits per heavy atom. The van der Waals surface area contributed by atoms with Gasteiger partial charge in [-0.05, 0) is 16.9 Å². The number of fused-ring (bicyclic) bond motifs is 1. The maximum atomic E-state index is 5.73. The Labute approximate surface area is 80.6 Å². The Balaban J connectivity index is 2.75. The second kappa shape index (κ2) is 2.96. The zero-order valence-electron chi connectivity index (χ0n) is 7.61. The van der Waals surface area contributed by atoms with E-state index in [2.05, 4.69) is 29.2 Å². The Hall–Kier alpha value is -1.16. The summed E-state index contributed by atoms with van der Waals surface area (Å²) in [5, 5.41) is 2.11. The molecule has 68 valence electrons. The molecule has 0 atom stereocenters. The third kappa shape index (κ3) is 1.27. The molecule has 0 radical (unpaired) electrons. The molecule has 0 fully saturated rings. The van der Waals surface area contributed by atoms with E-state index in [4.69, 9.17) is 5.73 Å². The summed E-state index contributed by atoms with van der Waals surface area (Å²) in [7, 11) is 0. The van der Waals surface area contributed by atoms with Crippen LogP contribution in [0.3, 0.4) is 0 Å². The van der Waals surface area contributed by atoms with Gasteiger partial charge in [-0.15, -0.1) is 11.3 Å². The number of aromatic nitrogens is 2. The van der Waals surface area contributed by atoms with Crippen molar-refractivity contribution < 1.29 is 0 Å². The van der Waals surface area contributed by atoms with Crippen molar-refractivity contribution in [3.05, 3.63) is 17.3 Å².